The van der Waals surface area contributed by atoms with E-state index < -0.39 is 0 Å². The Morgan fingerprint density at radius 3 is 2.82 bits per heavy atom. The minimum atomic E-state index is 0.0984. The number of pyridine rings is 1. The molecule has 1 aliphatic carbocycles. The monoisotopic (exact) mass is 232 g/mol. The third kappa shape index (κ3) is 2.40. The minimum absolute atomic E-state index is 0.0984. The van der Waals surface area contributed by atoms with Crippen LogP contribution in [0.5, 0.6) is 0 Å². The van der Waals surface area contributed by atoms with Crippen molar-refractivity contribution >= 4 is 11.7 Å². The lowest BCUT2D eigenvalue weighted by Crippen LogP contribution is -2.26. The van der Waals surface area contributed by atoms with Crippen molar-refractivity contribution in [3.8, 4) is 0 Å². The van der Waals surface area contributed by atoms with E-state index in [4.69, 9.17) is 11.1 Å². The second-order valence-corrected chi connectivity index (χ2v) is 5.09. The van der Waals surface area contributed by atoms with Crippen LogP contribution in [0.1, 0.15) is 24.5 Å². The first kappa shape index (κ1) is 11.9. The molecule has 1 aliphatic rings. The second-order valence-electron chi connectivity index (χ2n) is 5.09. The molecule has 3 N–H and O–H groups in total. The van der Waals surface area contributed by atoms with Gasteiger partial charge < -0.3 is 10.6 Å². The van der Waals surface area contributed by atoms with Gasteiger partial charge in [-0.2, -0.15) is 0 Å². The van der Waals surface area contributed by atoms with Crippen LogP contribution in [-0.2, 0) is 0 Å². The molecule has 1 saturated carbocycles. The summed E-state index contributed by atoms with van der Waals surface area (Å²) >= 11 is 0. The van der Waals surface area contributed by atoms with Crippen LogP contribution in [0.4, 0.5) is 5.82 Å². The van der Waals surface area contributed by atoms with E-state index in [0.717, 1.165) is 35.3 Å². The number of anilines is 1. The van der Waals surface area contributed by atoms with Crippen LogP contribution in [-0.4, -0.2) is 24.4 Å². The summed E-state index contributed by atoms with van der Waals surface area (Å²) in [5.74, 6) is 2.52. The van der Waals surface area contributed by atoms with Gasteiger partial charge in [-0.05, 0) is 36.8 Å². The number of nitrogen functional groups attached to an aromatic ring is 1. The van der Waals surface area contributed by atoms with Gasteiger partial charge in [-0.25, -0.2) is 4.98 Å². The topological polar surface area (TPSA) is 66.0 Å². The van der Waals surface area contributed by atoms with Gasteiger partial charge in [-0.1, -0.05) is 6.92 Å². The van der Waals surface area contributed by atoms with E-state index in [-0.39, 0.29) is 5.84 Å². The molecule has 92 valence electrons. The maximum Gasteiger partial charge on any atom is 0.139 e. The molecule has 0 saturated heterocycles. The van der Waals surface area contributed by atoms with Crippen LogP contribution in [0.15, 0.2) is 12.3 Å². The van der Waals surface area contributed by atoms with Crippen LogP contribution in [0.2, 0.25) is 0 Å². The molecule has 0 spiro atoms. The van der Waals surface area contributed by atoms with Gasteiger partial charge in [0.25, 0.3) is 0 Å². The first-order valence-electron chi connectivity index (χ1n) is 6.01. The molecule has 0 aliphatic heterocycles. The first-order valence-corrected chi connectivity index (χ1v) is 6.01. The lowest BCUT2D eigenvalue weighted by atomic mass is 10.1. The van der Waals surface area contributed by atoms with Gasteiger partial charge in [0.15, 0.2) is 0 Å². The summed E-state index contributed by atoms with van der Waals surface area (Å²) in [7, 11) is 2.03. The molecule has 0 aromatic carbocycles. The standard InChI is InChI=1S/C13H20N4/c1-8-4-5-16-13(11(8)12(14)15)17(3)7-10-6-9(10)2/h4-5,9-10H,6-7H2,1-3H3,(H3,14,15). The van der Waals surface area contributed by atoms with Crippen molar-refractivity contribution in [1.82, 2.24) is 4.98 Å². The second kappa shape index (κ2) is 4.35. The van der Waals surface area contributed by atoms with Crippen molar-refractivity contribution in [2.24, 2.45) is 17.6 Å². The highest BCUT2D eigenvalue weighted by Crippen LogP contribution is 2.38. The molecule has 4 nitrogen and oxygen atoms in total. The number of rotatable bonds is 4. The predicted molar refractivity (Wildman–Crippen MR) is 70.5 cm³/mol. The van der Waals surface area contributed by atoms with Crippen LogP contribution in [0, 0.1) is 24.2 Å². The quantitative estimate of drug-likeness (QED) is 0.614. The Hall–Kier alpha value is -1.58. The van der Waals surface area contributed by atoms with E-state index in [1.54, 1.807) is 6.20 Å². The first-order chi connectivity index (χ1) is 8.00. The van der Waals surface area contributed by atoms with E-state index in [0.29, 0.717) is 0 Å². The highest BCUT2D eigenvalue weighted by atomic mass is 15.2. The molecule has 0 radical (unpaired) electrons. The zero-order chi connectivity index (χ0) is 12.6. The van der Waals surface area contributed by atoms with Crippen LogP contribution < -0.4 is 10.6 Å². The fraction of sp³-hybridized carbons (Fsp3) is 0.538. The summed E-state index contributed by atoms with van der Waals surface area (Å²) in [6.45, 7) is 5.24. The Morgan fingerprint density at radius 2 is 2.29 bits per heavy atom. The van der Waals surface area contributed by atoms with Crippen molar-refractivity contribution in [2.75, 3.05) is 18.5 Å². The molecule has 2 rings (SSSR count). The SMILES string of the molecule is Cc1ccnc(N(C)CC2CC2C)c1C(=N)N. The fourth-order valence-electron chi connectivity index (χ4n) is 2.26. The van der Waals surface area contributed by atoms with Crippen molar-refractivity contribution in [2.45, 2.75) is 20.3 Å². The summed E-state index contributed by atoms with van der Waals surface area (Å²) < 4.78 is 0. The summed E-state index contributed by atoms with van der Waals surface area (Å²) in [4.78, 5) is 6.49. The lowest BCUT2D eigenvalue weighted by molar-refractivity contribution is 0.719. The molecule has 2 atom stereocenters. The van der Waals surface area contributed by atoms with Gasteiger partial charge >= 0.3 is 0 Å². The maximum atomic E-state index is 7.66. The van der Waals surface area contributed by atoms with Gasteiger partial charge in [0.2, 0.25) is 0 Å². The fourth-order valence-corrected chi connectivity index (χ4v) is 2.26. The van der Waals surface area contributed by atoms with Crippen LogP contribution in [0.3, 0.4) is 0 Å². The molecular formula is C13H20N4. The number of nitrogens with two attached hydrogens (primary N) is 1. The average molecular weight is 232 g/mol. The van der Waals surface area contributed by atoms with E-state index in [1.807, 2.05) is 20.0 Å². The third-order valence-electron chi connectivity index (χ3n) is 3.55. The molecule has 1 heterocycles. The number of hydrogen-bond acceptors (Lipinski definition) is 3. The number of amidine groups is 1. The van der Waals surface area contributed by atoms with Gasteiger partial charge in [0, 0.05) is 19.8 Å². The maximum absolute atomic E-state index is 7.66. The van der Waals surface area contributed by atoms with Crippen molar-refractivity contribution in [3.63, 3.8) is 0 Å². The predicted octanol–water partition coefficient (Wildman–Crippen LogP) is 1.77. The largest absolute Gasteiger partial charge is 0.384 e. The van der Waals surface area contributed by atoms with E-state index in [2.05, 4.69) is 16.8 Å². The summed E-state index contributed by atoms with van der Waals surface area (Å²) in [6.07, 6.45) is 3.08. The highest BCUT2D eigenvalue weighted by Gasteiger charge is 2.33. The number of nitrogens with one attached hydrogen (secondary N) is 1. The Balaban J connectivity index is 2.24. The molecule has 4 heteroatoms. The van der Waals surface area contributed by atoms with Crippen molar-refractivity contribution in [1.29, 1.82) is 5.41 Å². The Bertz CT molecular complexity index is 441. The molecule has 1 aromatic rings. The van der Waals surface area contributed by atoms with Crippen LogP contribution >= 0.6 is 0 Å². The molecule has 17 heavy (non-hydrogen) atoms. The normalized spacial score (nSPS) is 22.3. The third-order valence-corrected chi connectivity index (χ3v) is 3.55. The number of hydrogen-bond donors (Lipinski definition) is 2. The highest BCUT2D eigenvalue weighted by molar-refractivity contribution is 6.00. The summed E-state index contributed by atoms with van der Waals surface area (Å²) in [5, 5.41) is 7.66. The number of aryl methyl sites for hydroxylation is 1. The van der Waals surface area contributed by atoms with Gasteiger partial charge in [0.1, 0.15) is 11.7 Å². The van der Waals surface area contributed by atoms with E-state index in [9.17, 15) is 0 Å². The zero-order valence-electron chi connectivity index (χ0n) is 10.7. The Kier molecular flexibility index (Phi) is 3.05. The molecule has 2 unspecified atom stereocenters. The van der Waals surface area contributed by atoms with Gasteiger partial charge in [0.05, 0.1) is 5.56 Å². The minimum Gasteiger partial charge on any atom is -0.384 e. The molecular weight excluding hydrogens is 212 g/mol. The lowest BCUT2D eigenvalue weighted by Gasteiger charge is -2.21. The average Bonchev–Trinajstić information content (AvgIpc) is 2.93. The summed E-state index contributed by atoms with van der Waals surface area (Å²) in [5.41, 5.74) is 7.42. The smallest absolute Gasteiger partial charge is 0.139 e. The van der Waals surface area contributed by atoms with Crippen LogP contribution in [0.25, 0.3) is 0 Å². The Morgan fingerprint density at radius 1 is 1.65 bits per heavy atom. The molecule has 1 fully saturated rings. The zero-order valence-corrected chi connectivity index (χ0v) is 10.7. The molecule has 0 amide bonds. The van der Waals surface area contributed by atoms with E-state index >= 15 is 0 Å². The van der Waals surface area contributed by atoms with Crippen molar-refractivity contribution in [3.05, 3.63) is 23.4 Å². The van der Waals surface area contributed by atoms with Crippen molar-refractivity contribution < 1.29 is 0 Å². The molecule has 1 aromatic heterocycles. The summed E-state index contributed by atoms with van der Waals surface area (Å²) in [6, 6.07) is 1.90. The van der Waals surface area contributed by atoms with Gasteiger partial charge in [-0.3, -0.25) is 5.41 Å². The molecule has 0 bridgehead atoms. The van der Waals surface area contributed by atoms with E-state index in [1.165, 1.54) is 6.42 Å². The number of aromatic nitrogens is 1. The van der Waals surface area contributed by atoms with Gasteiger partial charge in [-0.15, -0.1) is 0 Å². The number of nitrogens with zero attached hydrogens (tertiary/aromatic N) is 2. The Labute approximate surface area is 102 Å².